The van der Waals surface area contributed by atoms with Gasteiger partial charge in [-0.25, -0.2) is 4.39 Å². The number of benzene rings is 1. The van der Waals surface area contributed by atoms with Crippen LogP contribution in [0.3, 0.4) is 0 Å². The average molecular weight is 209 g/mol. The van der Waals surface area contributed by atoms with Crippen LogP contribution in [0.15, 0.2) is 18.2 Å². The summed E-state index contributed by atoms with van der Waals surface area (Å²) in [5.74, 6) is -0.742. The minimum atomic E-state index is -0.349. The average Bonchev–Trinajstić information content (AvgIpc) is 2.19. The fourth-order valence-electron chi connectivity index (χ4n) is 1.25. The fourth-order valence-corrected chi connectivity index (χ4v) is 1.25. The van der Waals surface area contributed by atoms with Crippen LogP contribution in [-0.2, 0) is 0 Å². The number of hydrogen-bond donors (Lipinski definition) is 1. The third-order valence-corrected chi connectivity index (χ3v) is 2.66. The van der Waals surface area contributed by atoms with E-state index in [4.69, 9.17) is 5.73 Å². The summed E-state index contributed by atoms with van der Waals surface area (Å²) < 4.78 is 13.2. The summed E-state index contributed by atoms with van der Waals surface area (Å²) in [7, 11) is 0. The van der Waals surface area contributed by atoms with E-state index in [-0.39, 0.29) is 23.6 Å². The lowest BCUT2D eigenvalue weighted by molar-refractivity contribution is 0.0916. The second kappa shape index (κ2) is 4.53. The first-order valence-electron chi connectivity index (χ1n) is 4.99. The highest BCUT2D eigenvalue weighted by atomic mass is 19.1. The molecule has 0 aromatic heterocycles. The van der Waals surface area contributed by atoms with Crippen molar-refractivity contribution in [3.05, 3.63) is 35.1 Å². The molecule has 0 radical (unpaired) electrons. The molecule has 0 saturated heterocycles. The summed E-state index contributed by atoms with van der Waals surface area (Å²) in [6.45, 7) is 5.19. The maximum Gasteiger partial charge on any atom is 0.167 e. The maximum atomic E-state index is 13.2. The van der Waals surface area contributed by atoms with E-state index in [1.165, 1.54) is 6.07 Å². The quantitative estimate of drug-likeness (QED) is 0.776. The Morgan fingerprint density at radius 3 is 2.47 bits per heavy atom. The van der Waals surface area contributed by atoms with Gasteiger partial charge in [0.2, 0.25) is 0 Å². The first kappa shape index (κ1) is 11.9. The smallest absolute Gasteiger partial charge is 0.167 e. The third kappa shape index (κ3) is 2.63. The number of carbonyl (C=O) groups is 1. The molecule has 1 aromatic rings. The molecule has 0 heterocycles. The van der Waals surface area contributed by atoms with Crippen LogP contribution in [0.25, 0.3) is 0 Å². The molecule has 82 valence electrons. The van der Waals surface area contributed by atoms with Gasteiger partial charge in [0.1, 0.15) is 5.82 Å². The number of halogens is 1. The Morgan fingerprint density at radius 2 is 2.00 bits per heavy atom. The Hall–Kier alpha value is -1.22. The SMILES string of the molecule is Cc1ccc(C(=O)C(C)C(C)N)cc1F. The summed E-state index contributed by atoms with van der Waals surface area (Å²) in [6.07, 6.45) is 0. The van der Waals surface area contributed by atoms with Gasteiger partial charge in [-0.1, -0.05) is 19.1 Å². The standard InChI is InChI=1S/C12H16FNO/c1-7-4-5-10(6-11(7)13)12(15)8(2)9(3)14/h4-6,8-9H,14H2,1-3H3. The van der Waals surface area contributed by atoms with Crippen molar-refractivity contribution in [3.63, 3.8) is 0 Å². The number of Topliss-reactive ketones (excluding diaryl/α,β-unsaturated/α-hetero) is 1. The van der Waals surface area contributed by atoms with Crippen molar-refractivity contribution in [2.45, 2.75) is 26.8 Å². The van der Waals surface area contributed by atoms with Crippen LogP contribution < -0.4 is 5.73 Å². The van der Waals surface area contributed by atoms with E-state index in [0.29, 0.717) is 11.1 Å². The summed E-state index contributed by atoms with van der Waals surface area (Å²) in [5.41, 5.74) is 6.56. The molecule has 0 aliphatic carbocycles. The molecule has 2 N–H and O–H groups in total. The highest BCUT2D eigenvalue weighted by molar-refractivity contribution is 5.98. The summed E-state index contributed by atoms with van der Waals surface area (Å²) in [5, 5.41) is 0. The Labute approximate surface area is 89.3 Å². The van der Waals surface area contributed by atoms with Gasteiger partial charge in [0.05, 0.1) is 0 Å². The molecule has 0 aliphatic heterocycles. The Bertz CT molecular complexity index is 374. The first-order valence-corrected chi connectivity index (χ1v) is 4.99. The van der Waals surface area contributed by atoms with Gasteiger partial charge in [0.15, 0.2) is 5.78 Å². The second-order valence-corrected chi connectivity index (χ2v) is 3.98. The number of aryl methyl sites for hydroxylation is 1. The molecule has 3 heteroatoms. The van der Waals surface area contributed by atoms with Gasteiger partial charge in [-0.2, -0.15) is 0 Å². The Kier molecular flexibility index (Phi) is 3.58. The lowest BCUT2D eigenvalue weighted by Gasteiger charge is -2.14. The van der Waals surface area contributed by atoms with E-state index in [2.05, 4.69) is 0 Å². The van der Waals surface area contributed by atoms with Gasteiger partial charge in [-0.3, -0.25) is 4.79 Å². The van der Waals surface area contributed by atoms with Crippen LogP contribution in [0.1, 0.15) is 29.8 Å². The zero-order valence-electron chi connectivity index (χ0n) is 9.25. The molecule has 2 unspecified atom stereocenters. The largest absolute Gasteiger partial charge is 0.327 e. The van der Waals surface area contributed by atoms with Crippen molar-refractivity contribution in [2.24, 2.45) is 11.7 Å². The van der Waals surface area contributed by atoms with Crippen LogP contribution in [0, 0.1) is 18.7 Å². The summed E-state index contributed by atoms with van der Waals surface area (Å²) >= 11 is 0. The highest BCUT2D eigenvalue weighted by Crippen LogP contribution is 2.14. The summed E-state index contributed by atoms with van der Waals surface area (Å²) in [4.78, 5) is 11.8. The molecule has 2 atom stereocenters. The van der Waals surface area contributed by atoms with Crippen molar-refractivity contribution in [1.82, 2.24) is 0 Å². The van der Waals surface area contributed by atoms with Gasteiger partial charge >= 0.3 is 0 Å². The zero-order chi connectivity index (χ0) is 11.6. The predicted molar refractivity (Wildman–Crippen MR) is 58.3 cm³/mol. The van der Waals surface area contributed by atoms with E-state index in [1.54, 1.807) is 32.9 Å². The van der Waals surface area contributed by atoms with E-state index >= 15 is 0 Å². The monoisotopic (exact) mass is 209 g/mol. The van der Waals surface area contributed by atoms with Gasteiger partial charge in [-0.15, -0.1) is 0 Å². The minimum Gasteiger partial charge on any atom is -0.327 e. The van der Waals surface area contributed by atoms with E-state index < -0.39 is 0 Å². The molecule has 0 saturated carbocycles. The fraction of sp³-hybridized carbons (Fsp3) is 0.417. The van der Waals surface area contributed by atoms with E-state index in [9.17, 15) is 9.18 Å². The van der Waals surface area contributed by atoms with Crippen LogP contribution in [0.4, 0.5) is 4.39 Å². The van der Waals surface area contributed by atoms with Crippen LogP contribution >= 0.6 is 0 Å². The first-order chi connectivity index (χ1) is 6.93. The molecular formula is C12H16FNO. The van der Waals surface area contributed by atoms with Crippen LogP contribution in [0.5, 0.6) is 0 Å². The topological polar surface area (TPSA) is 43.1 Å². The van der Waals surface area contributed by atoms with Gasteiger partial charge in [0.25, 0.3) is 0 Å². The third-order valence-electron chi connectivity index (χ3n) is 2.66. The van der Waals surface area contributed by atoms with Crippen molar-refractivity contribution in [3.8, 4) is 0 Å². The Morgan fingerprint density at radius 1 is 1.40 bits per heavy atom. The molecule has 15 heavy (non-hydrogen) atoms. The highest BCUT2D eigenvalue weighted by Gasteiger charge is 2.19. The van der Waals surface area contributed by atoms with Gasteiger partial charge < -0.3 is 5.73 Å². The lowest BCUT2D eigenvalue weighted by atomic mass is 9.93. The number of ketones is 1. The van der Waals surface area contributed by atoms with Gasteiger partial charge in [-0.05, 0) is 25.5 Å². The zero-order valence-corrected chi connectivity index (χ0v) is 9.25. The molecule has 1 rings (SSSR count). The van der Waals surface area contributed by atoms with Crippen molar-refractivity contribution in [1.29, 1.82) is 0 Å². The van der Waals surface area contributed by atoms with Crippen molar-refractivity contribution >= 4 is 5.78 Å². The molecule has 0 fully saturated rings. The molecule has 0 aliphatic rings. The molecule has 0 bridgehead atoms. The lowest BCUT2D eigenvalue weighted by Crippen LogP contribution is -2.30. The molecular weight excluding hydrogens is 193 g/mol. The molecule has 1 aromatic carbocycles. The number of nitrogens with two attached hydrogens (primary N) is 1. The number of carbonyl (C=O) groups excluding carboxylic acids is 1. The van der Waals surface area contributed by atoms with Crippen molar-refractivity contribution < 1.29 is 9.18 Å². The van der Waals surface area contributed by atoms with Crippen LogP contribution in [0.2, 0.25) is 0 Å². The number of hydrogen-bond acceptors (Lipinski definition) is 2. The molecule has 2 nitrogen and oxygen atoms in total. The van der Waals surface area contributed by atoms with E-state index in [0.717, 1.165) is 0 Å². The predicted octanol–water partition coefficient (Wildman–Crippen LogP) is 2.30. The second-order valence-electron chi connectivity index (χ2n) is 3.98. The summed E-state index contributed by atoms with van der Waals surface area (Å²) in [6, 6.07) is 4.30. The normalized spacial score (nSPS) is 14.7. The van der Waals surface area contributed by atoms with Crippen molar-refractivity contribution in [2.75, 3.05) is 0 Å². The number of rotatable bonds is 3. The van der Waals surface area contributed by atoms with E-state index in [1.807, 2.05) is 0 Å². The van der Waals surface area contributed by atoms with Crippen LogP contribution in [-0.4, -0.2) is 11.8 Å². The minimum absolute atomic E-state index is 0.107. The molecule has 0 spiro atoms. The molecule has 0 amide bonds. The Balaban J connectivity index is 2.97. The maximum absolute atomic E-state index is 13.2. The van der Waals surface area contributed by atoms with Gasteiger partial charge in [0, 0.05) is 17.5 Å².